The van der Waals surface area contributed by atoms with Crippen LogP contribution in [-0.4, -0.2) is 25.8 Å². The predicted molar refractivity (Wildman–Crippen MR) is 45.5 cm³/mol. The van der Waals surface area contributed by atoms with E-state index in [0.717, 1.165) is 5.39 Å². The van der Waals surface area contributed by atoms with Crippen LogP contribution in [0.25, 0.3) is 11.0 Å². The number of rotatable bonds is 1. The molecule has 0 aromatic carbocycles. The largest absolute Gasteiger partial charge is 0.478 e. The van der Waals surface area contributed by atoms with E-state index in [1.807, 2.05) is 0 Å². The molecule has 13 heavy (non-hydrogen) atoms. The molecular weight excluding hydrogens is 170 g/mol. The summed E-state index contributed by atoms with van der Waals surface area (Å²) in [5.74, 6) is -0.974. The Morgan fingerprint density at radius 3 is 3.08 bits per heavy atom. The highest BCUT2D eigenvalue weighted by molar-refractivity contribution is 5.91. The van der Waals surface area contributed by atoms with Crippen molar-refractivity contribution < 1.29 is 9.90 Å². The van der Waals surface area contributed by atoms with Gasteiger partial charge in [0.2, 0.25) is 0 Å². The van der Waals surface area contributed by atoms with Crippen LogP contribution in [0.3, 0.4) is 0 Å². The van der Waals surface area contributed by atoms with Crippen LogP contribution in [0.1, 0.15) is 10.4 Å². The van der Waals surface area contributed by atoms with Crippen LogP contribution in [0.2, 0.25) is 0 Å². The first-order valence-electron chi connectivity index (χ1n) is 3.69. The van der Waals surface area contributed by atoms with Crippen LogP contribution in [0.4, 0.5) is 0 Å². The zero-order valence-electron chi connectivity index (χ0n) is 6.93. The van der Waals surface area contributed by atoms with Crippen molar-refractivity contribution in [2.24, 2.45) is 7.05 Å². The van der Waals surface area contributed by atoms with Gasteiger partial charge in [0.05, 0.1) is 5.56 Å². The van der Waals surface area contributed by atoms with Crippen molar-refractivity contribution in [3.63, 3.8) is 0 Å². The quantitative estimate of drug-likeness (QED) is 0.695. The van der Waals surface area contributed by atoms with Crippen LogP contribution in [0.5, 0.6) is 0 Å². The fraction of sp³-hybridized carbons (Fsp3) is 0.125. The predicted octanol–water partition coefficient (Wildman–Crippen LogP) is 0.666. The fourth-order valence-electron chi connectivity index (χ4n) is 1.15. The second kappa shape index (κ2) is 2.55. The lowest BCUT2D eigenvalue weighted by Gasteiger charge is -1.91. The van der Waals surface area contributed by atoms with E-state index in [1.165, 1.54) is 6.20 Å². The zero-order chi connectivity index (χ0) is 9.42. The van der Waals surface area contributed by atoms with Gasteiger partial charge < -0.3 is 5.11 Å². The highest BCUT2D eigenvalue weighted by Crippen LogP contribution is 2.10. The number of carboxylic acids is 1. The molecule has 66 valence electrons. The van der Waals surface area contributed by atoms with Crippen molar-refractivity contribution in [3.8, 4) is 0 Å². The van der Waals surface area contributed by atoms with Gasteiger partial charge in [-0.3, -0.25) is 4.68 Å². The Labute approximate surface area is 73.6 Å². The summed E-state index contributed by atoms with van der Waals surface area (Å²) in [7, 11) is 1.77. The number of pyridine rings is 1. The highest BCUT2D eigenvalue weighted by Gasteiger charge is 2.06. The van der Waals surface area contributed by atoms with Crippen molar-refractivity contribution in [2.45, 2.75) is 0 Å². The third kappa shape index (κ3) is 1.24. The standard InChI is InChI=1S/C8H7N3O2/c1-11-4-6-2-5(8(12)13)3-9-7(6)10-11/h2-4H,1H3,(H,12,13). The third-order valence-electron chi connectivity index (χ3n) is 1.72. The highest BCUT2D eigenvalue weighted by atomic mass is 16.4. The Bertz CT molecular complexity index is 475. The topological polar surface area (TPSA) is 68.0 Å². The van der Waals surface area contributed by atoms with Crippen LogP contribution >= 0.6 is 0 Å². The van der Waals surface area contributed by atoms with Crippen molar-refractivity contribution in [2.75, 3.05) is 0 Å². The molecule has 0 radical (unpaired) electrons. The van der Waals surface area contributed by atoms with Gasteiger partial charge in [0.15, 0.2) is 5.65 Å². The van der Waals surface area contributed by atoms with E-state index in [1.54, 1.807) is 24.0 Å². The lowest BCUT2D eigenvalue weighted by Crippen LogP contribution is -1.96. The second-order valence-electron chi connectivity index (χ2n) is 2.74. The van der Waals surface area contributed by atoms with Gasteiger partial charge in [-0.05, 0) is 6.07 Å². The number of nitrogens with zero attached hydrogens (tertiary/aromatic N) is 3. The monoisotopic (exact) mass is 177 g/mol. The minimum Gasteiger partial charge on any atom is -0.478 e. The molecule has 0 bridgehead atoms. The molecular formula is C8H7N3O2. The summed E-state index contributed by atoms with van der Waals surface area (Å²) >= 11 is 0. The summed E-state index contributed by atoms with van der Waals surface area (Å²) in [5, 5.41) is 13.4. The van der Waals surface area contributed by atoms with Crippen molar-refractivity contribution in [1.29, 1.82) is 0 Å². The molecule has 5 nitrogen and oxygen atoms in total. The Morgan fingerprint density at radius 2 is 2.38 bits per heavy atom. The number of aryl methyl sites for hydroxylation is 1. The number of carboxylic acid groups (broad SMARTS) is 1. The lowest BCUT2D eigenvalue weighted by atomic mass is 10.2. The zero-order valence-corrected chi connectivity index (χ0v) is 6.93. The SMILES string of the molecule is Cn1cc2cc(C(=O)O)cnc2n1. The number of aromatic carboxylic acids is 1. The summed E-state index contributed by atoms with van der Waals surface area (Å²) in [5.41, 5.74) is 0.744. The van der Waals surface area contributed by atoms with Gasteiger partial charge in [0.25, 0.3) is 0 Å². The average molecular weight is 177 g/mol. The van der Waals surface area contributed by atoms with Crippen molar-refractivity contribution >= 4 is 17.0 Å². The molecule has 5 heteroatoms. The van der Waals surface area contributed by atoms with Gasteiger partial charge in [-0.25, -0.2) is 9.78 Å². The number of fused-ring (bicyclic) bond motifs is 1. The van der Waals surface area contributed by atoms with Crippen molar-refractivity contribution in [1.82, 2.24) is 14.8 Å². The molecule has 0 aliphatic heterocycles. The summed E-state index contributed by atoms with van der Waals surface area (Å²) < 4.78 is 1.60. The molecule has 2 aromatic rings. The second-order valence-corrected chi connectivity index (χ2v) is 2.74. The minimum atomic E-state index is -0.974. The van der Waals surface area contributed by atoms with E-state index in [2.05, 4.69) is 10.1 Å². The molecule has 2 aromatic heterocycles. The van der Waals surface area contributed by atoms with Crippen molar-refractivity contribution in [3.05, 3.63) is 24.0 Å². The summed E-state index contributed by atoms with van der Waals surface area (Å²) in [6.45, 7) is 0. The van der Waals surface area contributed by atoms with Gasteiger partial charge in [0.1, 0.15) is 0 Å². The first-order chi connectivity index (χ1) is 6.16. The van der Waals surface area contributed by atoms with Crippen LogP contribution in [-0.2, 0) is 7.05 Å². The van der Waals surface area contributed by atoms with Crippen LogP contribution < -0.4 is 0 Å². The first kappa shape index (κ1) is 7.72. The van der Waals surface area contributed by atoms with Gasteiger partial charge in [0, 0.05) is 24.8 Å². The van der Waals surface area contributed by atoms with Gasteiger partial charge in [-0.15, -0.1) is 0 Å². The number of aromatic nitrogens is 3. The Morgan fingerprint density at radius 1 is 1.62 bits per heavy atom. The third-order valence-corrected chi connectivity index (χ3v) is 1.72. The molecule has 1 N–H and O–H groups in total. The maximum atomic E-state index is 10.6. The molecule has 0 saturated heterocycles. The van der Waals surface area contributed by atoms with Gasteiger partial charge in [-0.1, -0.05) is 0 Å². The molecule has 0 fully saturated rings. The van der Waals surface area contributed by atoms with E-state index in [0.29, 0.717) is 5.65 Å². The minimum absolute atomic E-state index is 0.181. The Kier molecular flexibility index (Phi) is 1.51. The van der Waals surface area contributed by atoms with E-state index in [4.69, 9.17) is 5.11 Å². The molecule has 0 aliphatic carbocycles. The molecule has 0 aliphatic rings. The molecule has 2 heterocycles. The van der Waals surface area contributed by atoms with Gasteiger partial charge >= 0.3 is 5.97 Å². The molecule has 2 rings (SSSR count). The summed E-state index contributed by atoms with van der Waals surface area (Å²) in [6.07, 6.45) is 3.03. The molecule has 0 amide bonds. The van der Waals surface area contributed by atoms with E-state index in [9.17, 15) is 4.79 Å². The Hall–Kier alpha value is -1.91. The number of hydrogen-bond acceptors (Lipinski definition) is 3. The number of hydrogen-bond donors (Lipinski definition) is 1. The van der Waals surface area contributed by atoms with Gasteiger partial charge in [-0.2, -0.15) is 5.10 Å². The van der Waals surface area contributed by atoms with E-state index < -0.39 is 5.97 Å². The fourth-order valence-corrected chi connectivity index (χ4v) is 1.15. The summed E-state index contributed by atoms with van der Waals surface area (Å²) in [6, 6.07) is 1.55. The molecule has 0 spiro atoms. The number of carbonyl (C=O) groups is 1. The lowest BCUT2D eigenvalue weighted by molar-refractivity contribution is 0.0696. The molecule has 0 saturated carbocycles. The van der Waals surface area contributed by atoms with E-state index in [-0.39, 0.29) is 5.56 Å². The Balaban J connectivity index is 2.67. The molecule has 0 unspecified atom stereocenters. The van der Waals surface area contributed by atoms with Crippen LogP contribution in [0.15, 0.2) is 18.5 Å². The van der Waals surface area contributed by atoms with E-state index >= 15 is 0 Å². The smallest absolute Gasteiger partial charge is 0.337 e. The van der Waals surface area contributed by atoms with Crippen LogP contribution in [0, 0.1) is 0 Å². The maximum Gasteiger partial charge on any atom is 0.337 e. The average Bonchev–Trinajstić information content (AvgIpc) is 2.42. The normalized spacial score (nSPS) is 10.5. The molecule has 0 atom stereocenters. The maximum absolute atomic E-state index is 10.6. The first-order valence-corrected chi connectivity index (χ1v) is 3.69. The summed E-state index contributed by atoms with van der Waals surface area (Å²) in [4.78, 5) is 14.5.